The minimum absolute atomic E-state index is 0.0224. The fourth-order valence-corrected chi connectivity index (χ4v) is 1.78. The van der Waals surface area contributed by atoms with Crippen molar-refractivity contribution in [3.63, 3.8) is 0 Å². The SMILES string of the molecule is C=CCN(CC=C)c1cc(CO)cc(C(C)(C)C)n1. The van der Waals surface area contributed by atoms with E-state index in [1.165, 1.54) is 0 Å². The molecule has 0 aliphatic heterocycles. The van der Waals surface area contributed by atoms with Gasteiger partial charge in [0, 0.05) is 24.2 Å². The van der Waals surface area contributed by atoms with E-state index < -0.39 is 0 Å². The Morgan fingerprint density at radius 3 is 2.21 bits per heavy atom. The highest BCUT2D eigenvalue weighted by Gasteiger charge is 2.18. The van der Waals surface area contributed by atoms with E-state index in [1.807, 2.05) is 24.3 Å². The van der Waals surface area contributed by atoms with Gasteiger partial charge >= 0.3 is 0 Å². The lowest BCUT2D eigenvalue weighted by Crippen LogP contribution is -2.26. The van der Waals surface area contributed by atoms with Gasteiger partial charge in [-0.15, -0.1) is 13.2 Å². The smallest absolute Gasteiger partial charge is 0.129 e. The van der Waals surface area contributed by atoms with E-state index in [2.05, 4.69) is 38.8 Å². The van der Waals surface area contributed by atoms with Gasteiger partial charge in [0.2, 0.25) is 0 Å². The lowest BCUT2D eigenvalue weighted by Gasteiger charge is -2.25. The first-order chi connectivity index (χ1) is 8.92. The van der Waals surface area contributed by atoms with Crippen LogP contribution in [0.1, 0.15) is 32.0 Å². The van der Waals surface area contributed by atoms with Crippen LogP contribution in [0.2, 0.25) is 0 Å². The number of anilines is 1. The molecule has 0 atom stereocenters. The van der Waals surface area contributed by atoms with E-state index in [4.69, 9.17) is 4.98 Å². The molecule has 104 valence electrons. The normalized spacial score (nSPS) is 11.2. The summed E-state index contributed by atoms with van der Waals surface area (Å²) >= 11 is 0. The molecule has 0 spiro atoms. The molecule has 0 unspecified atom stereocenters. The van der Waals surface area contributed by atoms with Gasteiger partial charge in [-0.05, 0) is 17.7 Å². The van der Waals surface area contributed by atoms with Crippen LogP contribution in [0.25, 0.3) is 0 Å². The minimum Gasteiger partial charge on any atom is -0.392 e. The number of nitrogens with zero attached hydrogens (tertiary/aromatic N) is 2. The summed E-state index contributed by atoms with van der Waals surface area (Å²) < 4.78 is 0. The molecule has 1 heterocycles. The predicted octanol–water partition coefficient (Wildman–Crippen LogP) is 3.05. The summed E-state index contributed by atoms with van der Waals surface area (Å²) in [6, 6.07) is 3.88. The van der Waals surface area contributed by atoms with Crippen LogP contribution in [-0.2, 0) is 12.0 Å². The number of aliphatic hydroxyl groups is 1. The van der Waals surface area contributed by atoms with Gasteiger partial charge in [-0.25, -0.2) is 4.98 Å². The van der Waals surface area contributed by atoms with Crippen LogP contribution < -0.4 is 4.90 Å². The molecule has 3 nitrogen and oxygen atoms in total. The summed E-state index contributed by atoms with van der Waals surface area (Å²) in [5.41, 5.74) is 1.81. The third kappa shape index (κ3) is 4.21. The van der Waals surface area contributed by atoms with E-state index in [0.717, 1.165) is 17.1 Å². The molecule has 0 aliphatic carbocycles. The van der Waals surface area contributed by atoms with Crippen molar-refractivity contribution in [1.82, 2.24) is 4.98 Å². The van der Waals surface area contributed by atoms with Crippen LogP contribution in [0.5, 0.6) is 0 Å². The summed E-state index contributed by atoms with van der Waals surface area (Å²) in [5.74, 6) is 0.858. The quantitative estimate of drug-likeness (QED) is 0.799. The highest BCUT2D eigenvalue weighted by atomic mass is 16.3. The molecule has 1 rings (SSSR count). The van der Waals surface area contributed by atoms with Crippen molar-refractivity contribution in [1.29, 1.82) is 0 Å². The zero-order chi connectivity index (χ0) is 14.5. The first-order valence-electron chi connectivity index (χ1n) is 6.51. The Balaban J connectivity index is 3.24. The second-order valence-corrected chi connectivity index (χ2v) is 5.61. The summed E-state index contributed by atoms with van der Waals surface area (Å²) in [6.45, 7) is 15.3. The summed E-state index contributed by atoms with van der Waals surface area (Å²) in [4.78, 5) is 6.79. The standard InChI is InChI=1S/C16H24N2O/c1-6-8-18(9-7-2)15-11-13(12-19)10-14(17-15)16(3,4)5/h6-7,10-11,19H,1-2,8-9,12H2,3-5H3. The van der Waals surface area contributed by atoms with Gasteiger partial charge in [-0.2, -0.15) is 0 Å². The molecule has 0 bridgehead atoms. The zero-order valence-corrected chi connectivity index (χ0v) is 12.2. The lowest BCUT2D eigenvalue weighted by molar-refractivity contribution is 0.281. The molecule has 1 aromatic heterocycles. The Kier molecular flexibility index (Phi) is 5.31. The van der Waals surface area contributed by atoms with E-state index in [0.29, 0.717) is 13.1 Å². The Morgan fingerprint density at radius 2 is 1.79 bits per heavy atom. The first kappa shape index (κ1) is 15.4. The van der Waals surface area contributed by atoms with Crippen molar-refractivity contribution >= 4 is 5.82 Å². The lowest BCUT2D eigenvalue weighted by atomic mass is 9.91. The van der Waals surface area contributed by atoms with Crippen molar-refractivity contribution in [2.45, 2.75) is 32.8 Å². The fraction of sp³-hybridized carbons (Fsp3) is 0.438. The number of aliphatic hydroxyl groups excluding tert-OH is 1. The Hall–Kier alpha value is -1.61. The van der Waals surface area contributed by atoms with Crippen LogP contribution in [-0.4, -0.2) is 23.2 Å². The Bertz CT molecular complexity index is 437. The summed E-state index contributed by atoms with van der Waals surface area (Å²) in [7, 11) is 0. The van der Waals surface area contributed by atoms with Crippen molar-refractivity contribution in [3.8, 4) is 0 Å². The van der Waals surface area contributed by atoms with Crippen LogP contribution in [0, 0.1) is 0 Å². The van der Waals surface area contributed by atoms with Gasteiger partial charge in [0.15, 0.2) is 0 Å². The largest absolute Gasteiger partial charge is 0.392 e. The van der Waals surface area contributed by atoms with Gasteiger partial charge in [0.25, 0.3) is 0 Å². The maximum atomic E-state index is 9.41. The molecule has 1 N–H and O–H groups in total. The molecule has 0 saturated heterocycles. The van der Waals surface area contributed by atoms with Gasteiger partial charge in [-0.3, -0.25) is 0 Å². The van der Waals surface area contributed by atoms with Crippen molar-refractivity contribution in [3.05, 3.63) is 48.7 Å². The molecule has 0 amide bonds. The van der Waals surface area contributed by atoms with E-state index in [-0.39, 0.29) is 12.0 Å². The summed E-state index contributed by atoms with van der Waals surface area (Å²) in [5, 5.41) is 9.41. The number of hydrogen-bond acceptors (Lipinski definition) is 3. The predicted molar refractivity (Wildman–Crippen MR) is 81.5 cm³/mol. The molecular weight excluding hydrogens is 236 g/mol. The topological polar surface area (TPSA) is 36.4 Å². The molecule has 0 aliphatic rings. The summed E-state index contributed by atoms with van der Waals surface area (Å²) in [6.07, 6.45) is 3.68. The number of hydrogen-bond donors (Lipinski definition) is 1. The third-order valence-corrected chi connectivity index (χ3v) is 2.85. The maximum absolute atomic E-state index is 9.41. The molecule has 0 aromatic carbocycles. The van der Waals surface area contributed by atoms with E-state index in [9.17, 15) is 5.11 Å². The van der Waals surface area contributed by atoms with Crippen molar-refractivity contribution in [2.75, 3.05) is 18.0 Å². The molecule has 1 aromatic rings. The molecule has 0 radical (unpaired) electrons. The zero-order valence-electron chi connectivity index (χ0n) is 12.2. The van der Waals surface area contributed by atoms with Gasteiger partial charge < -0.3 is 10.0 Å². The Morgan fingerprint density at radius 1 is 1.21 bits per heavy atom. The molecular formula is C16H24N2O. The minimum atomic E-state index is -0.0477. The van der Waals surface area contributed by atoms with Crippen molar-refractivity contribution < 1.29 is 5.11 Å². The second kappa shape index (κ2) is 6.53. The fourth-order valence-electron chi connectivity index (χ4n) is 1.78. The van der Waals surface area contributed by atoms with Gasteiger partial charge in [0.1, 0.15) is 5.82 Å². The average molecular weight is 260 g/mol. The van der Waals surface area contributed by atoms with Crippen LogP contribution >= 0.6 is 0 Å². The van der Waals surface area contributed by atoms with E-state index in [1.54, 1.807) is 0 Å². The molecule has 0 fully saturated rings. The first-order valence-corrected chi connectivity index (χ1v) is 6.51. The van der Waals surface area contributed by atoms with Crippen LogP contribution in [0.3, 0.4) is 0 Å². The monoisotopic (exact) mass is 260 g/mol. The van der Waals surface area contributed by atoms with Gasteiger partial charge in [-0.1, -0.05) is 32.9 Å². The molecule has 3 heteroatoms. The second-order valence-electron chi connectivity index (χ2n) is 5.61. The highest BCUT2D eigenvalue weighted by Crippen LogP contribution is 2.25. The average Bonchev–Trinajstić information content (AvgIpc) is 2.37. The highest BCUT2D eigenvalue weighted by molar-refractivity contribution is 5.45. The number of aromatic nitrogens is 1. The van der Waals surface area contributed by atoms with Crippen LogP contribution in [0.4, 0.5) is 5.82 Å². The maximum Gasteiger partial charge on any atom is 0.129 e. The third-order valence-electron chi connectivity index (χ3n) is 2.85. The van der Waals surface area contributed by atoms with Gasteiger partial charge in [0.05, 0.1) is 6.61 Å². The number of rotatable bonds is 6. The van der Waals surface area contributed by atoms with Crippen molar-refractivity contribution in [2.24, 2.45) is 0 Å². The number of pyridine rings is 1. The molecule has 0 saturated carbocycles. The van der Waals surface area contributed by atoms with Crippen LogP contribution in [0.15, 0.2) is 37.4 Å². The Labute approximate surface area is 116 Å². The molecule has 19 heavy (non-hydrogen) atoms. The van der Waals surface area contributed by atoms with E-state index >= 15 is 0 Å².